The van der Waals surface area contributed by atoms with Crippen molar-refractivity contribution in [2.75, 3.05) is 6.61 Å². The second-order valence-electron chi connectivity index (χ2n) is 5.08. The Hall–Kier alpha value is -3.23. The van der Waals surface area contributed by atoms with E-state index in [9.17, 15) is 22.8 Å². The summed E-state index contributed by atoms with van der Waals surface area (Å²) in [7, 11) is 0. The van der Waals surface area contributed by atoms with E-state index in [1.165, 1.54) is 30.3 Å². The van der Waals surface area contributed by atoms with Crippen LogP contribution in [0.5, 0.6) is 11.5 Å². The number of primary amides is 1. The molecule has 2 aromatic rings. The monoisotopic (exact) mass is 368 g/mol. The third kappa shape index (κ3) is 5.69. The molecular formula is C17H15F3N2O4. The summed E-state index contributed by atoms with van der Waals surface area (Å²) in [6.07, 6.45) is -4.83. The minimum atomic E-state index is -4.83. The number of amides is 2. The second kappa shape index (κ2) is 8.24. The molecule has 0 aliphatic rings. The van der Waals surface area contributed by atoms with Crippen molar-refractivity contribution in [2.24, 2.45) is 5.73 Å². The normalized spacial score (nSPS) is 10.9. The predicted octanol–water partition coefficient (Wildman–Crippen LogP) is 2.38. The number of ether oxygens (including phenoxy) is 2. The van der Waals surface area contributed by atoms with Crippen LogP contribution in [0.4, 0.5) is 13.2 Å². The fraction of sp³-hybridized carbons (Fsp3) is 0.176. The highest BCUT2D eigenvalue weighted by Crippen LogP contribution is 2.26. The van der Waals surface area contributed by atoms with Crippen molar-refractivity contribution in [2.45, 2.75) is 12.9 Å². The maximum atomic E-state index is 12.4. The van der Waals surface area contributed by atoms with Gasteiger partial charge in [0.05, 0.1) is 5.56 Å². The van der Waals surface area contributed by atoms with Crippen molar-refractivity contribution < 1.29 is 32.2 Å². The average molecular weight is 368 g/mol. The van der Waals surface area contributed by atoms with E-state index in [1.807, 2.05) is 0 Å². The molecule has 138 valence electrons. The van der Waals surface area contributed by atoms with Crippen LogP contribution in [0.1, 0.15) is 15.9 Å². The number of hydrogen-bond acceptors (Lipinski definition) is 4. The molecule has 0 aliphatic heterocycles. The Morgan fingerprint density at radius 2 is 1.62 bits per heavy atom. The summed E-state index contributed by atoms with van der Waals surface area (Å²) in [6.45, 7) is -0.626. The average Bonchev–Trinajstić information content (AvgIpc) is 2.58. The molecule has 0 unspecified atom stereocenters. The molecule has 0 fully saturated rings. The van der Waals surface area contributed by atoms with Crippen LogP contribution in [0, 0.1) is 0 Å². The van der Waals surface area contributed by atoms with Gasteiger partial charge in [-0.05, 0) is 18.2 Å². The van der Waals surface area contributed by atoms with Crippen molar-refractivity contribution in [3.8, 4) is 11.5 Å². The van der Waals surface area contributed by atoms with Gasteiger partial charge in [-0.25, -0.2) is 0 Å². The molecule has 0 spiro atoms. The van der Waals surface area contributed by atoms with Crippen LogP contribution >= 0.6 is 0 Å². The van der Waals surface area contributed by atoms with E-state index in [0.29, 0.717) is 0 Å². The van der Waals surface area contributed by atoms with Crippen LogP contribution in [-0.4, -0.2) is 24.8 Å². The fourth-order valence-corrected chi connectivity index (χ4v) is 2.06. The highest BCUT2D eigenvalue weighted by atomic mass is 19.4. The topological polar surface area (TPSA) is 90.7 Å². The van der Waals surface area contributed by atoms with Gasteiger partial charge in [0.15, 0.2) is 6.61 Å². The van der Waals surface area contributed by atoms with Crippen LogP contribution in [0.2, 0.25) is 0 Å². The van der Waals surface area contributed by atoms with E-state index in [2.05, 4.69) is 10.1 Å². The second-order valence-corrected chi connectivity index (χ2v) is 5.08. The van der Waals surface area contributed by atoms with Crippen molar-refractivity contribution in [1.29, 1.82) is 0 Å². The molecule has 0 saturated carbocycles. The maximum Gasteiger partial charge on any atom is 0.573 e. The first-order valence-corrected chi connectivity index (χ1v) is 7.38. The standard InChI is InChI=1S/C17H15F3N2O4/c18-17(19,20)26-13-7-3-1-5-11(13)9-22-15(23)10-25-14-8-4-2-6-12(14)16(21)24/h1-8H,9-10H2,(H2,21,24)(H,22,23). The summed E-state index contributed by atoms with van der Waals surface area (Å²) in [5.74, 6) is -1.57. The van der Waals surface area contributed by atoms with Gasteiger partial charge in [-0.3, -0.25) is 9.59 Å². The number of nitrogens with two attached hydrogens (primary N) is 1. The number of hydrogen-bond donors (Lipinski definition) is 2. The summed E-state index contributed by atoms with van der Waals surface area (Å²) < 4.78 is 46.2. The van der Waals surface area contributed by atoms with Crippen LogP contribution < -0.4 is 20.5 Å². The van der Waals surface area contributed by atoms with E-state index in [-0.39, 0.29) is 23.4 Å². The minimum absolute atomic E-state index is 0.115. The zero-order valence-electron chi connectivity index (χ0n) is 13.4. The van der Waals surface area contributed by atoms with Crippen molar-refractivity contribution in [3.05, 3.63) is 59.7 Å². The number of carbonyl (C=O) groups excluding carboxylic acids is 2. The van der Waals surface area contributed by atoms with E-state index in [0.717, 1.165) is 6.07 Å². The van der Waals surface area contributed by atoms with E-state index in [4.69, 9.17) is 10.5 Å². The lowest BCUT2D eigenvalue weighted by Gasteiger charge is -2.14. The van der Waals surface area contributed by atoms with Crippen LogP contribution in [-0.2, 0) is 11.3 Å². The zero-order chi connectivity index (χ0) is 19.2. The zero-order valence-corrected chi connectivity index (χ0v) is 13.4. The minimum Gasteiger partial charge on any atom is -0.483 e. The lowest BCUT2D eigenvalue weighted by Crippen LogP contribution is -2.29. The Bertz CT molecular complexity index is 794. The van der Waals surface area contributed by atoms with Gasteiger partial charge in [-0.1, -0.05) is 30.3 Å². The summed E-state index contributed by atoms with van der Waals surface area (Å²) >= 11 is 0. The van der Waals surface area contributed by atoms with Crippen molar-refractivity contribution in [1.82, 2.24) is 5.32 Å². The van der Waals surface area contributed by atoms with E-state index in [1.54, 1.807) is 12.1 Å². The number of benzene rings is 2. The SMILES string of the molecule is NC(=O)c1ccccc1OCC(=O)NCc1ccccc1OC(F)(F)F. The molecule has 26 heavy (non-hydrogen) atoms. The van der Waals surface area contributed by atoms with Gasteiger partial charge in [-0.2, -0.15) is 0 Å². The van der Waals surface area contributed by atoms with Gasteiger partial charge in [-0.15, -0.1) is 13.2 Å². The summed E-state index contributed by atoms with van der Waals surface area (Å²) in [6, 6.07) is 11.6. The number of alkyl halides is 3. The Morgan fingerprint density at radius 3 is 2.27 bits per heavy atom. The number of rotatable bonds is 7. The lowest BCUT2D eigenvalue weighted by molar-refractivity contribution is -0.274. The number of nitrogens with one attached hydrogen (secondary N) is 1. The molecule has 6 nitrogen and oxygen atoms in total. The first kappa shape index (κ1) is 19.1. The predicted molar refractivity (Wildman–Crippen MR) is 85.4 cm³/mol. The van der Waals surface area contributed by atoms with Crippen LogP contribution in [0.25, 0.3) is 0 Å². The molecule has 0 heterocycles. The number of para-hydroxylation sites is 2. The third-order valence-electron chi connectivity index (χ3n) is 3.19. The van der Waals surface area contributed by atoms with Crippen LogP contribution in [0.15, 0.2) is 48.5 Å². The molecule has 0 bridgehead atoms. The van der Waals surface area contributed by atoms with Crippen molar-refractivity contribution in [3.63, 3.8) is 0 Å². The van der Waals surface area contributed by atoms with Gasteiger partial charge < -0.3 is 20.5 Å². The van der Waals surface area contributed by atoms with Crippen molar-refractivity contribution >= 4 is 11.8 Å². The summed E-state index contributed by atoms with van der Waals surface area (Å²) in [5, 5.41) is 2.42. The molecule has 0 aliphatic carbocycles. The molecule has 2 aromatic carbocycles. The van der Waals surface area contributed by atoms with Gasteiger partial charge >= 0.3 is 6.36 Å². The van der Waals surface area contributed by atoms with Gasteiger partial charge in [0.25, 0.3) is 11.8 Å². The first-order valence-electron chi connectivity index (χ1n) is 7.38. The molecular weight excluding hydrogens is 353 g/mol. The summed E-state index contributed by atoms with van der Waals surface area (Å²) in [4.78, 5) is 23.1. The highest BCUT2D eigenvalue weighted by Gasteiger charge is 2.31. The molecule has 2 amide bonds. The van der Waals surface area contributed by atoms with Crippen LogP contribution in [0.3, 0.4) is 0 Å². The van der Waals surface area contributed by atoms with Gasteiger partial charge in [0.1, 0.15) is 11.5 Å². The van der Waals surface area contributed by atoms with E-state index >= 15 is 0 Å². The van der Waals surface area contributed by atoms with E-state index < -0.39 is 30.5 Å². The fourth-order valence-electron chi connectivity index (χ4n) is 2.06. The molecule has 0 atom stereocenters. The Morgan fingerprint density at radius 1 is 1.00 bits per heavy atom. The van der Waals surface area contributed by atoms with Gasteiger partial charge in [0.2, 0.25) is 0 Å². The highest BCUT2D eigenvalue weighted by molar-refractivity contribution is 5.95. The molecule has 2 rings (SSSR count). The largest absolute Gasteiger partial charge is 0.573 e. The van der Waals surface area contributed by atoms with Gasteiger partial charge in [0, 0.05) is 12.1 Å². The quantitative estimate of drug-likeness (QED) is 0.785. The summed E-state index contributed by atoms with van der Waals surface area (Å²) in [5.41, 5.74) is 5.46. The lowest BCUT2D eigenvalue weighted by atomic mass is 10.2. The third-order valence-corrected chi connectivity index (χ3v) is 3.19. The Balaban J connectivity index is 1.93. The Kier molecular flexibility index (Phi) is 6.05. The molecule has 3 N–H and O–H groups in total. The number of halogens is 3. The molecule has 0 saturated heterocycles. The maximum absolute atomic E-state index is 12.4. The number of carbonyl (C=O) groups is 2. The molecule has 0 aromatic heterocycles. The smallest absolute Gasteiger partial charge is 0.483 e. The Labute approximate surface area is 146 Å². The molecule has 0 radical (unpaired) electrons. The molecule has 9 heteroatoms. The first-order chi connectivity index (χ1) is 12.3.